The third-order valence-electron chi connectivity index (χ3n) is 1.82. The van der Waals surface area contributed by atoms with E-state index in [0.29, 0.717) is 6.42 Å². The summed E-state index contributed by atoms with van der Waals surface area (Å²) >= 11 is 0. The van der Waals surface area contributed by atoms with Gasteiger partial charge in [0.25, 0.3) is 0 Å². The summed E-state index contributed by atoms with van der Waals surface area (Å²) in [7, 11) is 5.50. The van der Waals surface area contributed by atoms with Crippen LogP contribution in [-0.4, -0.2) is 18.9 Å². The molecule has 1 fully saturated rings. The fourth-order valence-electron chi connectivity index (χ4n) is 1.24. The fourth-order valence-corrected chi connectivity index (χ4v) is 1.24. The highest BCUT2D eigenvalue weighted by Gasteiger charge is 2.26. The maximum Gasteiger partial charge on any atom is 0.306 e. The first-order valence-corrected chi connectivity index (χ1v) is 3.18. The van der Waals surface area contributed by atoms with Gasteiger partial charge in [0, 0.05) is 0 Å². The summed E-state index contributed by atoms with van der Waals surface area (Å²) in [6, 6.07) is 0. The minimum Gasteiger partial charge on any atom is -0.481 e. The van der Waals surface area contributed by atoms with E-state index in [2.05, 4.69) is 0 Å². The van der Waals surface area contributed by atoms with Crippen LogP contribution < -0.4 is 0 Å². The van der Waals surface area contributed by atoms with Gasteiger partial charge < -0.3 is 5.11 Å². The van der Waals surface area contributed by atoms with Crippen molar-refractivity contribution in [2.75, 3.05) is 0 Å². The van der Waals surface area contributed by atoms with Gasteiger partial charge in [-0.2, -0.15) is 0 Å². The van der Waals surface area contributed by atoms with Crippen LogP contribution in [0.1, 0.15) is 19.3 Å². The van der Waals surface area contributed by atoms with Crippen molar-refractivity contribution in [3.05, 3.63) is 0 Å². The highest BCUT2D eigenvalue weighted by atomic mass is 16.4. The lowest BCUT2D eigenvalue weighted by atomic mass is 9.85. The molecule has 2 atom stereocenters. The van der Waals surface area contributed by atoms with E-state index in [1.807, 2.05) is 0 Å². The molecule has 1 N–H and O–H groups in total. The molecule has 0 spiro atoms. The average Bonchev–Trinajstić information content (AvgIpc) is 2.14. The number of carbonyl (C=O) groups is 1. The Hall–Kier alpha value is -0.465. The van der Waals surface area contributed by atoms with E-state index in [-0.39, 0.29) is 11.7 Å². The van der Waals surface area contributed by atoms with Crippen molar-refractivity contribution in [3.63, 3.8) is 0 Å². The smallest absolute Gasteiger partial charge is 0.306 e. The van der Waals surface area contributed by atoms with E-state index in [0.717, 1.165) is 12.8 Å². The van der Waals surface area contributed by atoms with Crippen molar-refractivity contribution in [2.45, 2.75) is 25.1 Å². The van der Waals surface area contributed by atoms with Crippen LogP contribution in [0.3, 0.4) is 0 Å². The molecule has 0 bridgehead atoms. The van der Waals surface area contributed by atoms with Crippen molar-refractivity contribution in [1.29, 1.82) is 0 Å². The van der Waals surface area contributed by atoms with E-state index < -0.39 is 5.97 Å². The van der Waals surface area contributed by atoms with Gasteiger partial charge in [-0.1, -0.05) is 12.2 Å². The molecule has 0 aromatic rings. The molecule has 0 heterocycles. The zero-order chi connectivity index (χ0) is 6.85. The van der Waals surface area contributed by atoms with Gasteiger partial charge in [-0.3, -0.25) is 4.79 Å². The molecule has 48 valence electrons. The molecule has 1 aliphatic carbocycles. The van der Waals surface area contributed by atoms with E-state index in [9.17, 15) is 4.79 Å². The van der Waals surface area contributed by atoms with Crippen LogP contribution in [0, 0.1) is 5.92 Å². The van der Waals surface area contributed by atoms with E-state index in [1.54, 1.807) is 0 Å². The van der Waals surface area contributed by atoms with E-state index in [4.69, 9.17) is 13.0 Å². The molecular weight excluding hydrogens is 115 g/mol. The van der Waals surface area contributed by atoms with Gasteiger partial charge in [-0.25, -0.2) is 0 Å². The number of rotatable bonds is 1. The molecule has 9 heavy (non-hydrogen) atoms. The molecule has 0 aliphatic heterocycles. The minimum absolute atomic E-state index is 0.131. The average molecular weight is 124 g/mol. The van der Waals surface area contributed by atoms with Crippen LogP contribution in [0.15, 0.2) is 0 Å². The predicted molar refractivity (Wildman–Crippen MR) is 34.5 cm³/mol. The molecular formula is C6H9BO2. The number of hydrogen-bond donors (Lipinski definition) is 1. The van der Waals surface area contributed by atoms with Crippen molar-refractivity contribution in [1.82, 2.24) is 0 Å². The van der Waals surface area contributed by atoms with Crippen molar-refractivity contribution >= 4 is 13.8 Å². The van der Waals surface area contributed by atoms with Gasteiger partial charge in [0.05, 0.1) is 13.8 Å². The molecule has 0 aromatic heterocycles. The van der Waals surface area contributed by atoms with Gasteiger partial charge in [-0.05, 0) is 12.8 Å². The summed E-state index contributed by atoms with van der Waals surface area (Å²) in [4.78, 5) is 10.3. The Morgan fingerprint density at radius 3 is 2.44 bits per heavy atom. The largest absolute Gasteiger partial charge is 0.481 e. The fraction of sp³-hybridized carbons (Fsp3) is 0.833. The second-order valence-electron chi connectivity index (χ2n) is 2.61. The van der Waals surface area contributed by atoms with Crippen LogP contribution in [0.25, 0.3) is 0 Å². The maximum atomic E-state index is 10.3. The summed E-state index contributed by atoms with van der Waals surface area (Å²) in [5, 5.41) is 8.48. The topological polar surface area (TPSA) is 37.3 Å². The van der Waals surface area contributed by atoms with Crippen LogP contribution in [0.5, 0.6) is 0 Å². The van der Waals surface area contributed by atoms with Crippen molar-refractivity contribution in [2.24, 2.45) is 5.92 Å². The zero-order valence-corrected chi connectivity index (χ0v) is 5.21. The Bertz CT molecular complexity index is 124. The van der Waals surface area contributed by atoms with E-state index >= 15 is 0 Å². The summed E-state index contributed by atoms with van der Waals surface area (Å²) in [5.41, 5.74) is 0. The van der Waals surface area contributed by atoms with Gasteiger partial charge in [0.15, 0.2) is 0 Å². The quantitative estimate of drug-likeness (QED) is 0.525. The monoisotopic (exact) mass is 124 g/mol. The maximum absolute atomic E-state index is 10.3. The van der Waals surface area contributed by atoms with Crippen LogP contribution in [0.4, 0.5) is 0 Å². The number of aliphatic carboxylic acids is 1. The predicted octanol–water partition coefficient (Wildman–Crippen LogP) is 0.828. The third kappa shape index (κ3) is 1.47. The summed E-state index contributed by atoms with van der Waals surface area (Å²) < 4.78 is 0. The van der Waals surface area contributed by atoms with E-state index in [1.165, 1.54) is 0 Å². The molecule has 1 rings (SSSR count). The summed E-state index contributed by atoms with van der Waals surface area (Å²) in [5.74, 6) is -0.728. The lowest BCUT2D eigenvalue weighted by Crippen LogP contribution is -2.08. The molecule has 0 aromatic carbocycles. The molecule has 2 nitrogen and oxygen atoms in total. The second-order valence-corrected chi connectivity index (χ2v) is 2.61. The first kappa shape index (κ1) is 6.65. The zero-order valence-electron chi connectivity index (χ0n) is 5.21. The molecule has 1 saturated carbocycles. The molecule has 2 radical (unpaired) electrons. The lowest BCUT2D eigenvalue weighted by molar-refractivity contribution is -0.141. The van der Waals surface area contributed by atoms with Crippen LogP contribution in [-0.2, 0) is 4.79 Å². The van der Waals surface area contributed by atoms with Crippen molar-refractivity contribution in [3.8, 4) is 0 Å². The highest BCUT2D eigenvalue weighted by Crippen LogP contribution is 2.32. The Morgan fingerprint density at radius 1 is 1.56 bits per heavy atom. The normalized spacial score (nSPS) is 34.7. The molecule has 0 amide bonds. The standard InChI is InChI=1S/C6H9BO2/c7-5-2-1-4(3-5)6(8)9/h4-5H,1-3H2,(H,8,9). The Labute approximate surface area is 55.7 Å². The first-order valence-electron chi connectivity index (χ1n) is 3.18. The molecule has 1 aliphatic rings. The Balaban J connectivity index is 2.39. The lowest BCUT2D eigenvalue weighted by Gasteiger charge is -1.99. The number of carboxylic acids is 1. The molecule has 2 unspecified atom stereocenters. The van der Waals surface area contributed by atoms with Gasteiger partial charge >= 0.3 is 5.97 Å². The first-order chi connectivity index (χ1) is 4.20. The Kier molecular flexibility index (Phi) is 1.79. The second kappa shape index (κ2) is 2.42. The number of hydrogen-bond acceptors (Lipinski definition) is 1. The van der Waals surface area contributed by atoms with Crippen molar-refractivity contribution < 1.29 is 9.90 Å². The van der Waals surface area contributed by atoms with Crippen LogP contribution >= 0.6 is 0 Å². The van der Waals surface area contributed by atoms with Gasteiger partial charge in [0.1, 0.15) is 0 Å². The SMILES string of the molecule is [B]C1CCC(C(=O)O)C1. The molecule has 3 heteroatoms. The van der Waals surface area contributed by atoms with Gasteiger partial charge in [-0.15, -0.1) is 0 Å². The van der Waals surface area contributed by atoms with Crippen LogP contribution in [0.2, 0.25) is 5.82 Å². The summed E-state index contributed by atoms with van der Waals surface area (Å²) in [6.45, 7) is 0. The number of carboxylic acid groups (broad SMARTS) is 1. The summed E-state index contributed by atoms with van der Waals surface area (Å²) in [6.07, 6.45) is 2.29. The minimum atomic E-state index is -0.692. The van der Waals surface area contributed by atoms with Gasteiger partial charge in [0.2, 0.25) is 0 Å². The highest BCUT2D eigenvalue weighted by molar-refractivity contribution is 6.12. The molecule has 0 saturated heterocycles. The third-order valence-corrected chi connectivity index (χ3v) is 1.82. The Morgan fingerprint density at radius 2 is 2.22 bits per heavy atom.